The van der Waals surface area contributed by atoms with Gasteiger partial charge >= 0.3 is 12.0 Å². The number of aliphatic hydroxyl groups excluding tert-OH is 1. The van der Waals surface area contributed by atoms with E-state index in [9.17, 15) is 14.7 Å². The number of amides is 2. The summed E-state index contributed by atoms with van der Waals surface area (Å²) in [6.45, 7) is -0.0569. The van der Waals surface area contributed by atoms with Crippen LogP contribution in [0.15, 0.2) is 22.7 Å². The second-order valence-corrected chi connectivity index (χ2v) is 5.54. The van der Waals surface area contributed by atoms with Crippen LogP contribution in [0.5, 0.6) is 0 Å². The summed E-state index contributed by atoms with van der Waals surface area (Å²) in [5.41, 5.74) is 0.542. The van der Waals surface area contributed by atoms with Gasteiger partial charge in [0.25, 0.3) is 0 Å². The Morgan fingerprint density at radius 2 is 2.19 bits per heavy atom. The van der Waals surface area contributed by atoms with E-state index in [-0.39, 0.29) is 24.2 Å². The van der Waals surface area contributed by atoms with Crippen LogP contribution in [-0.4, -0.2) is 45.8 Å². The third kappa shape index (κ3) is 3.32. The number of carboxylic acid groups (broad SMARTS) is 1. The number of carboxylic acids is 1. The first-order valence-electron chi connectivity index (χ1n) is 6.10. The number of hydrogen-bond acceptors (Lipinski definition) is 4. The zero-order valence-corrected chi connectivity index (χ0v) is 12.4. The summed E-state index contributed by atoms with van der Waals surface area (Å²) in [6.07, 6.45) is -0.874. The van der Waals surface area contributed by atoms with Crippen molar-refractivity contribution in [1.82, 2.24) is 4.90 Å². The van der Waals surface area contributed by atoms with Gasteiger partial charge in [-0.15, -0.1) is 0 Å². The van der Waals surface area contributed by atoms with Gasteiger partial charge in [0.1, 0.15) is 12.1 Å². The Morgan fingerprint density at radius 3 is 2.81 bits per heavy atom. The van der Waals surface area contributed by atoms with E-state index >= 15 is 0 Å². The second-order valence-electron chi connectivity index (χ2n) is 4.63. The van der Waals surface area contributed by atoms with Gasteiger partial charge < -0.3 is 20.4 Å². The number of aliphatic hydroxyl groups is 1. The van der Waals surface area contributed by atoms with Gasteiger partial charge in [-0.05, 0) is 18.2 Å². The average Bonchev–Trinajstić information content (AvgIpc) is 2.81. The molecule has 2 amide bonds. The van der Waals surface area contributed by atoms with Crippen molar-refractivity contribution in [2.75, 3.05) is 11.9 Å². The minimum absolute atomic E-state index is 0.00759. The van der Waals surface area contributed by atoms with Gasteiger partial charge in [-0.1, -0.05) is 15.9 Å². The molecule has 2 atom stereocenters. The molecule has 1 aliphatic heterocycles. The summed E-state index contributed by atoms with van der Waals surface area (Å²) < 4.78 is 0.674. The van der Waals surface area contributed by atoms with Gasteiger partial charge in [-0.3, -0.25) is 0 Å². The van der Waals surface area contributed by atoms with Gasteiger partial charge in [0.15, 0.2) is 0 Å². The summed E-state index contributed by atoms with van der Waals surface area (Å²) in [5.74, 6) is -1.17. The van der Waals surface area contributed by atoms with E-state index in [0.29, 0.717) is 4.47 Å². The summed E-state index contributed by atoms with van der Waals surface area (Å²) in [4.78, 5) is 24.3. The SMILES string of the molecule is N#Cc1ccc(Br)cc1NC(=O)N1C[C@H](O)C[C@@H]1C(=O)O. The fraction of sp³-hybridized carbons (Fsp3) is 0.308. The Bertz CT molecular complexity index is 628. The number of hydrogen-bond donors (Lipinski definition) is 3. The van der Waals surface area contributed by atoms with Crippen LogP contribution in [0.2, 0.25) is 0 Å². The zero-order chi connectivity index (χ0) is 15.6. The van der Waals surface area contributed by atoms with Gasteiger partial charge in [-0.2, -0.15) is 5.26 Å². The van der Waals surface area contributed by atoms with Crippen LogP contribution < -0.4 is 5.32 Å². The molecule has 7 nitrogen and oxygen atoms in total. The Labute approximate surface area is 128 Å². The molecule has 0 unspecified atom stereocenters. The van der Waals surface area contributed by atoms with Gasteiger partial charge in [0.05, 0.1) is 17.4 Å². The monoisotopic (exact) mass is 353 g/mol. The molecule has 0 spiro atoms. The highest BCUT2D eigenvalue weighted by atomic mass is 79.9. The summed E-state index contributed by atoms with van der Waals surface area (Å²) >= 11 is 3.24. The van der Waals surface area contributed by atoms with Crippen molar-refractivity contribution >= 4 is 33.6 Å². The van der Waals surface area contributed by atoms with Crippen molar-refractivity contribution < 1.29 is 19.8 Å². The minimum Gasteiger partial charge on any atom is -0.480 e. The summed E-state index contributed by atoms with van der Waals surface area (Å²) in [6, 6.07) is 4.96. The Kier molecular flexibility index (Phi) is 4.45. The van der Waals surface area contributed by atoms with Crippen molar-refractivity contribution in [3.8, 4) is 6.07 Å². The van der Waals surface area contributed by atoms with E-state index in [1.54, 1.807) is 12.1 Å². The standard InChI is InChI=1S/C13H12BrN3O4/c14-8-2-1-7(5-15)10(3-8)16-13(21)17-6-9(18)4-11(17)12(19)20/h1-3,9,11,18H,4,6H2,(H,16,21)(H,19,20)/t9-,11-/m1/s1. The number of β-amino-alcohol motifs (C(OH)–C–C–N with tert-alkyl or cyclic N) is 1. The lowest BCUT2D eigenvalue weighted by Crippen LogP contribution is -2.43. The first-order valence-corrected chi connectivity index (χ1v) is 6.90. The predicted molar refractivity (Wildman–Crippen MR) is 76.6 cm³/mol. The maximum absolute atomic E-state index is 12.2. The molecule has 3 N–H and O–H groups in total. The number of aliphatic carboxylic acids is 1. The number of anilines is 1. The molecular formula is C13H12BrN3O4. The molecule has 0 radical (unpaired) electrons. The molecule has 0 aromatic heterocycles. The number of halogens is 1. The molecule has 0 bridgehead atoms. The van der Waals surface area contributed by atoms with Crippen LogP contribution in [0.3, 0.4) is 0 Å². The quantitative estimate of drug-likeness (QED) is 0.742. The third-order valence-corrected chi connectivity index (χ3v) is 3.66. The molecule has 1 aromatic rings. The molecule has 0 aliphatic carbocycles. The van der Waals surface area contributed by atoms with E-state index in [4.69, 9.17) is 10.4 Å². The molecule has 1 aliphatic rings. The number of benzene rings is 1. The number of carbonyl (C=O) groups is 2. The summed E-state index contributed by atoms with van der Waals surface area (Å²) in [7, 11) is 0. The number of carbonyl (C=O) groups excluding carboxylic acids is 1. The van der Waals surface area contributed by atoms with E-state index < -0.39 is 24.1 Å². The lowest BCUT2D eigenvalue weighted by atomic mass is 10.2. The highest BCUT2D eigenvalue weighted by molar-refractivity contribution is 9.10. The maximum Gasteiger partial charge on any atom is 0.326 e. The van der Waals surface area contributed by atoms with Crippen LogP contribution in [0.4, 0.5) is 10.5 Å². The van der Waals surface area contributed by atoms with E-state index in [2.05, 4.69) is 21.2 Å². The summed E-state index contributed by atoms with van der Waals surface area (Å²) in [5, 5.41) is 30.1. The van der Waals surface area contributed by atoms with Crippen LogP contribution in [-0.2, 0) is 4.79 Å². The maximum atomic E-state index is 12.2. The Balaban J connectivity index is 2.20. The number of rotatable bonds is 2. The van der Waals surface area contributed by atoms with Crippen molar-refractivity contribution in [3.63, 3.8) is 0 Å². The molecule has 1 heterocycles. The average molecular weight is 354 g/mol. The van der Waals surface area contributed by atoms with E-state index in [0.717, 1.165) is 4.90 Å². The molecule has 0 saturated carbocycles. The molecule has 8 heteroatoms. The highest BCUT2D eigenvalue weighted by Crippen LogP contribution is 2.23. The number of nitriles is 1. The van der Waals surface area contributed by atoms with Crippen molar-refractivity contribution in [1.29, 1.82) is 5.26 Å². The van der Waals surface area contributed by atoms with Crippen molar-refractivity contribution in [3.05, 3.63) is 28.2 Å². The minimum atomic E-state index is -1.17. The van der Waals surface area contributed by atoms with Crippen molar-refractivity contribution in [2.24, 2.45) is 0 Å². The first kappa shape index (κ1) is 15.3. The van der Waals surface area contributed by atoms with Crippen LogP contribution >= 0.6 is 15.9 Å². The lowest BCUT2D eigenvalue weighted by Gasteiger charge is -2.21. The van der Waals surface area contributed by atoms with E-state index in [1.807, 2.05) is 6.07 Å². The largest absolute Gasteiger partial charge is 0.480 e. The first-order chi connectivity index (χ1) is 9.92. The Hall–Kier alpha value is -2.11. The molecule has 2 rings (SSSR count). The normalized spacial score (nSPS) is 20.9. The number of likely N-dealkylation sites (tertiary alicyclic amines) is 1. The molecule has 21 heavy (non-hydrogen) atoms. The van der Waals surface area contributed by atoms with E-state index in [1.165, 1.54) is 6.07 Å². The molecule has 1 aromatic carbocycles. The highest BCUT2D eigenvalue weighted by Gasteiger charge is 2.39. The van der Waals surface area contributed by atoms with Gasteiger partial charge in [-0.25, -0.2) is 9.59 Å². The van der Waals surface area contributed by atoms with Crippen molar-refractivity contribution in [2.45, 2.75) is 18.6 Å². The Morgan fingerprint density at radius 1 is 1.48 bits per heavy atom. The van der Waals surface area contributed by atoms with Crippen LogP contribution in [0, 0.1) is 11.3 Å². The number of nitrogens with zero attached hydrogens (tertiary/aromatic N) is 2. The fourth-order valence-corrected chi connectivity index (χ4v) is 2.54. The molecule has 1 saturated heterocycles. The predicted octanol–water partition coefficient (Wildman–Crippen LogP) is 1.37. The topological polar surface area (TPSA) is 114 Å². The molecular weight excluding hydrogens is 342 g/mol. The number of nitrogens with one attached hydrogen (secondary N) is 1. The lowest BCUT2D eigenvalue weighted by molar-refractivity contribution is -0.141. The zero-order valence-electron chi connectivity index (χ0n) is 10.8. The van der Waals surface area contributed by atoms with Crippen LogP contribution in [0.1, 0.15) is 12.0 Å². The number of urea groups is 1. The smallest absolute Gasteiger partial charge is 0.326 e. The molecule has 110 valence electrons. The van der Waals surface area contributed by atoms with Gasteiger partial charge in [0, 0.05) is 17.4 Å². The van der Waals surface area contributed by atoms with Crippen LogP contribution in [0.25, 0.3) is 0 Å². The third-order valence-electron chi connectivity index (χ3n) is 3.17. The van der Waals surface area contributed by atoms with Gasteiger partial charge in [0.2, 0.25) is 0 Å². The fourth-order valence-electron chi connectivity index (χ4n) is 2.18. The molecule has 1 fully saturated rings. The second kappa shape index (κ2) is 6.11.